The summed E-state index contributed by atoms with van der Waals surface area (Å²) in [6.45, 7) is 7.42. The lowest BCUT2D eigenvalue weighted by Crippen LogP contribution is -2.41. The van der Waals surface area contributed by atoms with Gasteiger partial charge < -0.3 is 29.2 Å². The van der Waals surface area contributed by atoms with E-state index in [4.69, 9.17) is 9.47 Å². The lowest BCUT2D eigenvalue weighted by molar-refractivity contribution is -0.154. The number of aromatic hydroxyl groups is 1. The summed E-state index contributed by atoms with van der Waals surface area (Å²) in [5.74, 6) is -1.67. The SMILES string of the molecule is COC(=O)CC[C@H](NC(=O)c1ccc(CCn2cnc3nc(C)c(COC(=O)C(C)(C)C)c-3c2O)cc1)C(=O)OC. The van der Waals surface area contributed by atoms with Gasteiger partial charge in [-0.3, -0.25) is 14.4 Å². The molecule has 41 heavy (non-hydrogen) atoms. The first-order valence-corrected chi connectivity index (χ1v) is 13.1. The second-order valence-corrected chi connectivity index (χ2v) is 10.6. The fourth-order valence-electron chi connectivity index (χ4n) is 4.01. The molecule has 0 aliphatic carbocycles. The maximum atomic E-state index is 12.7. The standard InChI is InChI=1S/C29H36N4O8/c1-17-20(15-41-28(38)29(2,3)4)23-24(31-17)30-16-33(26(23)36)14-13-18-7-9-19(10-8-18)25(35)32-21(27(37)40-6)11-12-22(34)39-5/h7-10,16,21,36H,11-15H2,1-6H3,(H,32,35)/t21-/m0/s1. The number of hydrogen-bond acceptors (Lipinski definition) is 10. The molecule has 12 heteroatoms. The van der Waals surface area contributed by atoms with Crippen molar-refractivity contribution < 1.29 is 38.5 Å². The average Bonchev–Trinajstić information content (AvgIpc) is 3.27. The van der Waals surface area contributed by atoms with Crippen molar-refractivity contribution in [2.24, 2.45) is 5.41 Å². The average molecular weight is 569 g/mol. The molecule has 0 spiro atoms. The van der Waals surface area contributed by atoms with E-state index in [1.807, 2.05) is 0 Å². The molecule has 1 aromatic rings. The zero-order chi connectivity index (χ0) is 30.3. The van der Waals surface area contributed by atoms with Crippen LogP contribution in [-0.2, 0) is 48.2 Å². The molecular formula is C29H36N4O8. The monoisotopic (exact) mass is 568 g/mol. The summed E-state index contributed by atoms with van der Waals surface area (Å²) in [6.07, 6.45) is 2.00. The minimum Gasteiger partial charge on any atom is -0.494 e. The normalized spacial score (nSPS) is 12.0. The van der Waals surface area contributed by atoms with Gasteiger partial charge in [-0.05, 0) is 58.2 Å². The Labute approximate surface area is 238 Å². The van der Waals surface area contributed by atoms with Crippen LogP contribution in [0.3, 0.4) is 0 Å². The highest BCUT2D eigenvalue weighted by Gasteiger charge is 2.27. The molecule has 0 saturated carbocycles. The van der Waals surface area contributed by atoms with Gasteiger partial charge in [0.15, 0.2) is 5.82 Å². The molecule has 0 aromatic heterocycles. The number of aromatic nitrogens is 3. The molecule has 2 N–H and O–H groups in total. The summed E-state index contributed by atoms with van der Waals surface area (Å²) >= 11 is 0. The molecular weight excluding hydrogens is 532 g/mol. The fraction of sp³-hybridized carbons (Fsp3) is 0.448. The predicted octanol–water partition coefficient (Wildman–Crippen LogP) is 2.95. The zero-order valence-corrected chi connectivity index (χ0v) is 24.1. The largest absolute Gasteiger partial charge is 0.494 e. The molecule has 0 bridgehead atoms. The molecule has 12 nitrogen and oxygen atoms in total. The number of esters is 3. The first-order valence-electron chi connectivity index (χ1n) is 13.1. The van der Waals surface area contributed by atoms with Crippen molar-refractivity contribution in [2.75, 3.05) is 14.2 Å². The maximum Gasteiger partial charge on any atom is 0.328 e. The van der Waals surface area contributed by atoms with E-state index in [2.05, 4.69) is 20.0 Å². The lowest BCUT2D eigenvalue weighted by Gasteiger charge is -2.17. The van der Waals surface area contributed by atoms with Crippen molar-refractivity contribution in [3.63, 3.8) is 0 Å². The molecule has 2 aliphatic rings. The number of nitrogens with one attached hydrogen (secondary N) is 1. The summed E-state index contributed by atoms with van der Waals surface area (Å²) in [6, 6.07) is 5.79. The molecule has 0 fully saturated rings. The van der Waals surface area contributed by atoms with Crippen molar-refractivity contribution in [1.29, 1.82) is 0 Å². The van der Waals surface area contributed by atoms with Crippen LogP contribution in [0, 0.1) is 12.3 Å². The van der Waals surface area contributed by atoms with Crippen molar-refractivity contribution in [3.05, 3.63) is 53.0 Å². The Hall–Kier alpha value is -4.48. The van der Waals surface area contributed by atoms with Crippen LogP contribution in [0.4, 0.5) is 0 Å². The number of ether oxygens (including phenoxy) is 3. The number of hydrogen-bond donors (Lipinski definition) is 2. The number of benzene rings is 1. The van der Waals surface area contributed by atoms with Gasteiger partial charge in [0.1, 0.15) is 12.6 Å². The van der Waals surface area contributed by atoms with Gasteiger partial charge in [0.25, 0.3) is 5.91 Å². The van der Waals surface area contributed by atoms with Gasteiger partial charge in [-0.15, -0.1) is 0 Å². The van der Waals surface area contributed by atoms with Crippen molar-refractivity contribution in [3.8, 4) is 17.3 Å². The third-order valence-electron chi connectivity index (χ3n) is 6.52. The van der Waals surface area contributed by atoms with Crippen LogP contribution in [0.15, 0.2) is 30.6 Å². The highest BCUT2D eigenvalue weighted by molar-refractivity contribution is 5.96. The Morgan fingerprint density at radius 2 is 1.76 bits per heavy atom. The quantitative estimate of drug-likeness (QED) is 0.260. The molecule has 2 aliphatic heterocycles. The summed E-state index contributed by atoms with van der Waals surface area (Å²) < 4.78 is 16.4. The molecule has 0 unspecified atom stereocenters. The molecule has 0 saturated heterocycles. The van der Waals surface area contributed by atoms with Crippen LogP contribution in [0.2, 0.25) is 0 Å². The van der Waals surface area contributed by atoms with Gasteiger partial charge in [0.2, 0.25) is 5.88 Å². The molecule has 0 radical (unpaired) electrons. The number of fused-ring (bicyclic) bond motifs is 1. The highest BCUT2D eigenvalue weighted by atomic mass is 16.5. The van der Waals surface area contributed by atoms with E-state index >= 15 is 0 Å². The smallest absolute Gasteiger partial charge is 0.328 e. The number of rotatable bonds is 11. The Morgan fingerprint density at radius 3 is 2.37 bits per heavy atom. The van der Waals surface area contributed by atoms with Crippen LogP contribution in [0.5, 0.6) is 5.88 Å². The van der Waals surface area contributed by atoms with E-state index in [9.17, 15) is 24.3 Å². The van der Waals surface area contributed by atoms with Crippen LogP contribution in [-0.4, -0.2) is 63.7 Å². The van der Waals surface area contributed by atoms with Gasteiger partial charge in [-0.25, -0.2) is 14.8 Å². The number of nitrogens with zero attached hydrogens (tertiary/aromatic N) is 3. The van der Waals surface area contributed by atoms with Gasteiger partial charge in [-0.2, -0.15) is 0 Å². The Morgan fingerprint density at radius 1 is 1.07 bits per heavy atom. The number of amides is 1. The van der Waals surface area contributed by atoms with Crippen molar-refractivity contribution in [2.45, 2.75) is 66.2 Å². The number of aryl methyl sites for hydroxylation is 3. The number of carbonyl (C=O) groups is 4. The van der Waals surface area contributed by atoms with Gasteiger partial charge in [0.05, 0.1) is 31.5 Å². The first-order chi connectivity index (χ1) is 19.3. The van der Waals surface area contributed by atoms with Crippen LogP contribution in [0.25, 0.3) is 11.4 Å². The lowest BCUT2D eigenvalue weighted by atomic mass is 9.97. The summed E-state index contributed by atoms with van der Waals surface area (Å²) in [4.78, 5) is 57.2. The molecule has 1 amide bonds. The highest BCUT2D eigenvalue weighted by Crippen LogP contribution is 2.35. The second kappa shape index (κ2) is 13.2. The molecule has 1 atom stereocenters. The van der Waals surface area contributed by atoms with E-state index in [1.165, 1.54) is 20.5 Å². The van der Waals surface area contributed by atoms with E-state index in [0.29, 0.717) is 41.2 Å². The zero-order valence-electron chi connectivity index (χ0n) is 24.1. The van der Waals surface area contributed by atoms with Gasteiger partial charge in [-0.1, -0.05) is 12.1 Å². The van der Waals surface area contributed by atoms with E-state index < -0.39 is 29.3 Å². The van der Waals surface area contributed by atoms with E-state index in [0.717, 1.165) is 5.56 Å². The van der Waals surface area contributed by atoms with Crippen LogP contribution in [0.1, 0.15) is 60.8 Å². The van der Waals surface area contributed by atoms with E-state index in [1.54, 1.807) is 56.5 Å². The third-order valence-corrected chi connectivity index (χ3v) is 6.52. The molecule has 1 aromatic carbocycles. The Kier molecular flexibility index (Phi) is 10.0. The van der Waals surface area contributed by atoms with E-state index in [-0.39, 0.29) is 31.3 Å². The third kappa shape index (κ3) is 7.80. The fourth-order valence-corrected chi connectivity index (χ4v) is 4.01. The minimum absolute atomic E-state index is 0.0270. The second-order valence-electron chi connectivity index (χ2n) is 10.6. The summed E-state index contributed by atoms with van der Waals surface area (Å²) in [5.41, 5.74) is 2.21. The topological polar surface area (TPSA) is 159 Å². The van der Waals surface area contributed by atoms with Gasteiger partial charge in [0, 0.05) is 29.8 Å². The summed E-state index contributed by atoms with van der Waals surface area (Å²) in [7, 11) is 2.45. The number of methoxy groups -OCH3 is 2. The maximum absolute atomic E-state index is 12.7. The Balaban J connectivity index is 1.68. The van der Waals surface area contributed by atoms with Crippen molar-refractivity contribution >= 4 is 23.8 Å². The molecule has 220 valence electrons. The first kappa shape index (κ1) is 31.1. The summed E-state index contributed by atoms with van der Waals surface area (Å²) in [5, 5.41) is 13.6. The number of carbonyl (C=O) groups excluding carboxylic acids is 4. The van der Waals surface area contributed by atoms with Crippen molar-refractivity contribution in [1.82, 2.24) is 19.9 Å². The van der Waals surface area contributed by atoms with Gasteiger partial charge >= 0.3 is 17.9 Å². The Bertz CT molecular complexity index is 1370. The molecule has 3 rings (SSSR count). The van der Waals surface area contributed by atoms with Crippen LogP contribution < -0.4 is 5.32 Å². The minimum atomic E-state index is -0.996. The predicted molar refractivity (Wildman–Crippen MR) is 147 cm³/mol. The van der Waals surface area contributed by atoms with Crippen LogP contribution >= 0.6 is 0 Å². The molecule has 2 heterocycles.